The lowest BCUT2D eigenvalue weighted by Gasteiger charge is -2.36. The minimum absolute atomic E-state index is 0.0497. The van der Waals surface area contributed by atoms with Gasteiger partial charge in [0.15, 0.2) is 0 Å². The third-order valence-electron chi connectivity index (χ3n) is 3.73. The molecule has 2 rings (SSSR count). The second-order valence-corrected chi connectivity index (χ2v) is 7.13. The van der Waals surface area contributed by atoms with Gasteiger partial charge in [0, 0.05) is 30.9 Å². The van der Waals surface area contributed by atoms with E-state index in [1.54, 1.807) is 0 Å². The van der Waals surface area contributed by atoms with Crippen LogP contribution < -0.4 is 10.2 Å². The molecule has 2 unspecified atom stereocenters. The molecule has 0 amide bonds. The molecular formula is C17H28N2O. The van der Waals surface area contributed by atoms with Crippen molar-refractivity contribution in [1.29, 1.82) is 0 Å². The maximum Gasteiger partial charge on any atom is 0.0839 e. The van der Waals surface area contributed by atoms with Crippen LogP contribution in [0, 0.1) is 5.92 Å². The molecule has 0 radical (unpaired) electrons. The summed E-state index contributed by atoms with van der Waals surface area (Å²) >= 11 is 0. The van der Waals surface area contributed by atoms with Gasteiger partial charge in [0.2, 0.25) is 0 Å². The van der Waals surface area contributed by atoms with Crippen molar-refractivity contribution in [3.8, 4) is 0 Å². The molecule has 0 aromatic heterocycles. The third kappa shape index (κ3) is 4.22. The number of aliphatic hydroxyl groups is 1. The highest BCUT2D eigenvalue weighted by atomic mass is 16.3. The van der Waals surface area contributed by atoms with Crippen molar-refractivity contribution < 1.29 is 5.11 Å². The largest absolute Gasteiger partial charge is 0.390 e. The monoisotopic (exact) mass is 276 g/mol. The summed E-state index contributed by atoms with van der Waals surface area (Å²) < 4.78 is 0. The summed E-state index contributed by atoms with van der Waals surface area (Å²) in [5.41, 5.74) is 2.75. The summed E-state index contributed by atoms with van der Waals surface area (Å²) in [4.78, 5) is 2.33. The van der Waals surface area contributed by atoms with E-state index in [1.807, 2.05) is 0 Å². The first kappa shape index (κ1) is 15.3. The molecule has 0 saturated carbocycles. The summed E-state index contributed by atoms with van der Waals surface area (Å²) in [5, 5.41) is 13.6. The molecule has 3 nitrogen and oxygen atoms in total. The smallest absolute Gasteiger partial charge is 0.0839 e. The molecule has 20 heavy (non-hydrogen) atoms. The summed E-state index contributed by atoms with van der Waals surface area (Å²) in [6, 6.07) is 8.57. The van der Waals surface area contributed by atoms with E-state index >= 15 is 0 Å². The van der Waals surface area contributed by atoms with Crippen LogP contribution in [0.15, 0.2) is 24.3 Å². The van der Waals surface area contributed by atoms with E-state index in [4.69, 9.17) is 0 Å². The highest BCUT2D eigenvalue weighted by Gasteiger charge is 2.23. The number of fused-ring (bicyclic) bond motifs is 1. The molecule has 1 heterocycles. The molecule has 112 valence electrons. The number of nitrogens with zero attached hydrogens (tertiary/aromatic N) is 1. The standard InChI is InChI=1S/C17H28N2O/c1-13-9-14-7-5-6-8-16(14)19(11-13)12-15(20)10-18-17(2,3)4/h5-8,13,15,18,20H,9-12H2,1-4H3. The van der Waals surface area contributed by atoms with Crippen molar-refractivity contribution in [3.63, 3.8) is 0 Å². The molecule has 2 N–H and O–H groups in total. The Labute approximate surface area is 123 Å². The fourth-order valence-electron chi connectivity index (χ4n) is 2.82. The number of para-hydroxylation sites is 1. The van der Waals surface area contributed by atoms with Crippen LogP contribution in [0.4, 0.5) is 5.69 Å². The van der Waals surface area contributed by atoms with Crippen LogP contribution >= 0.6 is 0 Å². The van der Waals surface area contributed by atoms with Crippen LogP contribution in [0.3, 0.4) is 0 Å². The molecule has 0 saturated heterocycles. The number of hydrogen-bond acceptors (Lipinski definition) is 3. The third-order valence-corrected chi connectivity index (χ3v) is 3.73. The van der Waals surface area contributed by atoms with Gasteiger partial charge in [-0.05, 0) is 44.7 Å². The van der Waals surface area contributed by atoms with Crippen molar-refractivity contribution in [1.82, 2.24) is 5.32 Å². The Morgan fingerprint density at radius 1 is 1.35 bits per heavy atom. The molecule has 1 aromatic rings. The lowest BCUT2D eigenvalue weighted by Crippen LogP contribution is -2.46. The van der Waals surface area contributed by atoms with Crippen molar-refractivity contribution >= 4 is 5.69 Å². The van der Waals surface area contributed by atoms with Crippen LogP contribution in [0.5, 0.6) is 0 Å². The van der Waals surface area contributed by atoms with Crippen LogP contribution in [0.25, 0.3) is 0 Å². The second-order valence-electron chi connectivity index (χ2n) is 7.13. The fraction of sp³-hybridized carbons (Fsp3) is 0.647. The molecule has 0 spiro atoms. The first-order chi connectivity index (χ1) is 9.35. The van der Waals surface area contributed by atoms with E-state index in [0.717, 1.165) is 13.0 Å². The van der Waals surface area contributed by atoms with Gasteiger partial charge in [-0.3, -0.25) is 0 Å². The summed E-state index contributed by atoms with van der Waals surface area (Å²) in [6.45, 7) is 11.0. The predicted octanol–water partition coefficient (Wildman–Crippen LogP) is 2.43. The average Bonchev–Trinajstić information content (AvgIpc) is 2.35. The summed E-state index contributed by atoms with van der Waals surface area (Å²) in [5.74, 6) is 0.646. The van der Waals surface area contributed by atoms with Crippen LogP contribution in [-0.2, 0) is 6.42 Å². The first-order valence-electron chi connectivity index (χ1n) is 7.61. The molecule has 3 heteroatoms. The highest BCUT2D eigenvalue weighted by Crippen LogP contribution is 2.29. The van der Waals surface area contributed by atoms with Crippen molar-refractivity contribution in [2.24, 2.45) is 5.92 Å². The number of aliphatic hydroxyl groups excluding tert-OH is 1. The van der Waals surface area contributed by atoms with Crippen molar-refractivity contribution in [2.45, 2.75) is 45.8 Å². The lowest BCUT2D eigenvalue weighted by molar-refractivity contribution is 0.164. The number of benzene rings is 1. The van der Waals surface area contributed by atoms with Gasteiger partial charge in [-0.2, -0.15) is 0 Å². The Morgan fingerprint density at radius 2 is 2.05 bits per heavy atom. The van der Waals surface area contributed by atoms with E-state index < -0.39 is 0 Å². The van der Waals surface area contributed by atoms with Gasteiger partial charge in [-0.25, -0.2) is 0 Å². The maximum atomic E-state index is 10.3. The fourth-order valence-corrected chi connectivity index (χ4v) is 2.82. The van der Waals surface area contributed by atoms with Crippen molar-refractivity contribution in [2.75, 3.05) is 24.5 Å². The second kappa shape index (κ2) is 6.15. The van der Waals surface area contributed by atoms with E-state index in [2.05, 4.69) is 62.2 Å². The number of rotatable bonds is 4. The van der Waals surface area contributed by atoms with Gasteiger partial charge in [-0.1, -0.05) is 25.1 Å². The normalized spacial score (nSPS) is 20.6. The topological polar surface area (TPSA) is 35.5 Å². The molecular weight excluding hydrogens is 248 g/mol. The predicted molar refractivity (Wildman–Crippen MR) is 85.3 cm³/mol. The minimum atomic E-state index is -0.340. The van der Waals surface area contributed by atoms with E-state index in [0.29, 0.717) is 19.0 Å². The summed E-state index contributed by atoms with van der Waals surface area (Å²) in [6.07, 6.45) is 0.802. The van der Waals surface area contributed by atoms with Crippen molar-refractivity contribution in [3.05, 3.63) is 29.8 Å². The van der Waals surface area contributed by atoms with Crippen LogP contribution in [-0.4, -0.2) is 36.4 Å². The van der Waals surface area contributed by atoms with Gasteiger partial charge in [0.1, 0.15) is 0 Å². The Bertz CT molecular complexity index is 439. The number of anilines is 1. The molecule has 1 aromatic carbocycles. The maximum absolute atomic E-state index is 10.3. The number of β-amino-alcohol motifs (C(OH)–C–C–N with tert-alkyl or cyclic N) is 1. The molecule has 2 atom stereocenters. The SMILES string of the molecule is CC1Cc2ccccc2N(CC(O)CNC(C)(C)C)C1. The zero-order valence-electron chi connectivity index (χ0n) is 13.2. The molecule has 0 aliphatic carbocycles. The van der Waals surface area contributed by atoms with Gasteiger partial charge in [0.05, 0.1) is 6.10 Å². The summed E-state index contributed by atoms with van der Waals surface area (Å²) in [7, 11) is 0. The molecule has 1 aliphatic heterocycles. The average molecular weight is 276 g/mol. The Balaban J connectivity index is 1.99. The number of nitrogens with one attached hydrogen (secondary N) is 1. The van der Waals surface area contributed by atoms with Crippen LogP contribution in [0.1, 0.15) is 33.3 Å². The van der Waals surface area contributed by atoms with E-state index in [1.165, 1.54) is 11.3 Å². The molecule has 0 bridgehead atoms. The Hall–Kier alpha value is -1.06. The zero-order valence-corrected chi connectivity index (χ0v) is 13.2. The van der Waals surface area contributed by atoms with Gasteiger partial charge in [0.25, 0.3) is 0 Å². The highest BCUT2D eigenvalue weighted by molar-refractivity contribution is 5.55. The van der Waals surface area contributed by atoms with Gasteiger partial charge >= 0.3 is 0 Å². The Kier molecular flexibility index (Phi) is 4.71. The van der Waals surface area contributed by atoms with Gasteiger partial charge in [-0.15, -0.1) is 0 Å². The molecule has 0 fully saturated rings. The first-order valence-corrected chi connectivity index (χ1v) is 7.61. The number of hydrogen-bond donors (Lipinski definition) is 2. The zero-order chi connectivity index (χ0) is 14.8. The van der Waals surface area contributed by atoms with E-state index in [9.17, 15) is 5.11 Å². The minimum Gasteiger partial charge on any atom is -0.390 e. The lowest BCUT2D eigenvalue weighted by atomic mass is 9.93. The van der Waals surface area contributed by atoms with Crippen LogP contribution in [0.2, 0.25) is 0 Å². The van der Waals surface area contributed by atoms with E-state index in [-0.39, 0.29) is 11.6 Å². The Morgan fingerprint density at radius 3 is 2.75 bits per heavy atom. The quantitative estimate of drug-likeness (QED) is 0.886. The van der Waals surface area contributed by atoms with Gasteiger partial charge < -0.3 is 15.3 Å². The molecule has 1 aliphatic rings.